The largest absolute Gasteiger partial charge is 0.361 e. The number of halogens is 1. The van der Waals surface area contributed by atoms with Gasteiger partial charge >= 0.3 is 0 Å². The summed E-state index contributed by atoms with van der Waals surface area (Å²) >= 11 is 8.25. The molecule has 0 spiro atoms. The second kappa shape index (κ2) is 19.3. The van der Waals surface area contributed by atoms with Gasteiger partial charge in [-0.1, -0.05) is 65.8 Å². The summed E-state index contributed by atoms with van der Waals surface area (Å²) in [6, 6.07) is 17.8. The van der Waals surface area contributed by atoms with Crippen LogP contribution < -0.4 is 27.4 Å². The van der Waals surface area contributed by atoms with E-state index in [0.717, 1.165) is 22.0 Å². The third-order valence-corrected chi connectivity index (χ3v) is 12.8. The predicted octanol–water partition coefficient (Wildman–Crippen LogP) is 4.40. The van der Waals surface area contributed by atoms with Gasteiger partial charge < -0.3 is 37.3 Å². The van der Waals surface area contributed by atoms with E-state index in [9.17, 15) is 27.4 Å². The lowest BCUT2D eigenvalue weighted by atomic mass is 9.98. The maximum atomic E-state index is 14.7. The zero-order valence-corrected chi connectivity index (χ0v) is 34.3. The van der Waals surface area contributed by atoms with Crippen LogP contribution in [0.15, 0.2) is 100 Å². The maximum absolute atomic E-state index is 14.7. The molecule has 0 fully saturated rings. The van der Waals surface area contributed by atoms with Crippen molar-refractivity contribution in [3.05, 3.63) is 107 Å². The van der Waals surface area contributed by atoms with Crippen LogP contribution in [0.5, 0.6) is 0 Å². The van der Waals surface area contributed by atoms with E-state index in [1.54, 1.807) is 43.6 Å². The van der Waals surface area contributed by atoms with Gasteiger partial charge in [-0.05, 0) is 96.9 Å². The van der Waals surface area contributed by atoms with Gasteiger partial charge in [-0.2, -0.15) is 8.42 Å². The number of pyridine rings is 1. The van der Waals surface area contributed by atoms with E-state index < -0.39 is 46.0 Å². The number of nitrogens with one attached hydrogen (secondary N) is 4. The van der Waals surface area contributed by atoms with Gasteiger partial charge in [0.25, 0.3) is 10.1 Å². The molecule has 58 heavy (non-hydrogen) atoms. The molecule has 3 amide bonds. The summed E-state index contributed by atoms with van der Waals surface area (Å²) in [5, 5.41) is 11.3. The van der Waals surface area contributed by atoms with E-state index in [4.69, 9.17) is 23.1 Å². The highest BCUT2D eigenvalue weighted by Gasteiger charge is 2.34. The van der Waals surface area contributed by atoms with Crippen molar-refractivity contribution in [3.8, 4) is 11.1 Å². The Morgan fingerprint density at radius 3 is 2.43 bits per heavy atom. The van der Waals surface area contributed by atoms with Crippen LogP contribution in [0.2, 0.25) is 5.02 Å². The van der Waals surface area contributed by atoms with E-state index >= 15 is 0 Å². The summed E-state index contributed by atoms with van der Waals surface area (Å²) < 4.78 is 33.4. The standard InChI is InChI=1S/C41H47ClN8O6S2/c1-50-36(21-27-23-46-33-9-3-2-8-30(27)33)39(52)48-24-31-29(25-11-13-28(14-12-25)58(54,55)56)15-16-32(42)37(31)57-40-26(7-6-20-45-40)22-47-34(17-19-44)38(51)49-35(41(50)53)10-4-5-18-43/h2-3,6-9,11-16,20,23,34-36,46-47H,4-5,10,17-19,21-22,24,43-44H2,1H3,(H,48,52)(H,49,51)(H,54,55,56)/t34-,35-,36-/m0/s1. The third kappa shape index (κ3) is 10.1. The van der Waals surface area contributed by atoms with Gasteiger partial charge in [-0.15, -0.1) is 0 Å². The molecule has 0 saturated carbocycles. The highest BCUT2D eigenvalue weighted by atomic mass is 35.5. The van der Waals surface area contributed by atoms with Crippen LogP contribution in [-0.2, 0) is 44.0 Å². The fourth-order valence-corrected chi connectivity index (χ4v) is 8.89. The van der Waals surface area contributed by atoms with Crippen molar-refractivity contribution >= 4 is 62.1 Å². The highest BCUT2D eigenvalue weighted by Crippen LogP contribution is 2.41. The Labute approximate surface area is 346 Å². The number of aromatic amines is 1. The first kappa shape index (κ1) is 42.8. The molecule has 0 unspecified atom stereocenters. The fraction of sp³-hybridized carbons (Fsp3) is 0.317. The number of fused-ring (bicyclic) bond motifs is 3. The first-order valence-electron chi connectivity index (χ1n) is 18.9. The monoisotopic (exact) mass is 846 g/mol. The molecule has 5 aromatic rings. The lowest BCUT2D eigenvalue weighted by Gasteiger charge is -2.32. The number of aromatic nitrogens is 2. The number of H-pyrrole nitrogens is 1. The van der Waals surface area contributed by atoms with Crippen LogP contribution in [0, 0.1) is 0 Å². The molecular weight excluding hydrogens is 800 g/mol. The number of amides is 3. The highest BCUT2D eigenvalue weighted by molar-refractivity contribution is 7.99. The molecule has 306 valence electrons. The zero-order chi connectivity index (χ0) is 41.4. The number of nitrogens with zero attached hydrogens (tertiary/aromatic N) is 2. The van der Waals surface area contributed by atoms with Gasteiger partial charge in [-0.3, -0.25) is 18.9 Å². The van der Waals surface area contributed by atoms with E-state index in [0.29, 0.717) is 57.4 Å². The molecule has 17 heteroatoms. The number of carbonyl (C=O) groups excluding carboxylic acids is 3. The Bertz CT molecular complexity index is 2380. The Morgan fingerprint density at radius 1 is 0.914 bits per heavy atom. The smallest absolute Gasteiger partial charge is 0.294 e. The quantitative estimate of drug-likeness (QED) is 0.0771. The number of rotatable bonds is 10. The summed E-state index contributed by atoms with van der Waals surface area (Å²) in [5.41, 5.74) is 16.1. The number of carbonyl (C=O) groups is 3. The van der Waals surface area contributed by atoms with Crippen molar-refractivity contribution in [2.75, 3.05) is 20.1 Å². The summed E-state index contributed by atoms with van der Waals surface area (Å²) in [5.74, 6) is -1.29. The topological polar surface area (TPSA) is 226 Å². The second-order valence-corrected chi connectivity index (χ2v) is 16.9. The number of para-hydroxylation sites is 1. The van der Waals surface area contributed by atoms with Gasteiger partial charge in [0.05, 0.1) is 16.0 Å². The molecule has 0 aliphatic carbocycles. The van der Waals surface area contributed by atoms with Crippen LogP contribution in [0.25, 0.3) is 22.0 Å². The first-order valence-corrected chi connectivity index (χ1v) is 21.6. The average molecular weight is 847 g/mol. The zero-order valence-electron chi connectivity index (χ0n) is 31.9. The maximum Gasteiger partial charge on any atom is 0.294 e. The van der Waals surface area contributed by atoms with Crippen molar-refractivity contribution in [1.29, 1.82) is 0 Å². The normalized spacial score (nSPS) is 18.6. The number of unbranched alkanes of at least 4 members (excludes halogenated alkanes) is 1. The fourth-order valence-electron chi connectivity index (χ4n) is 7.06. The summed E-state index contributed by atoms with van der Waals surface area (Å²) in [6.07, 6.45) is 5.42. The van der Waals surface area contributed by atoms with Crippen LogP contribution >= 0.6 is 23.4 Å². The second-order valence-electron chi connectivity index (χ2n) is 14.1. The minimum Gasteiger partial charge on any atom is -0.361 e. The van der Waals surface area contributed by atoms with E-state index in [2.05, 4.69) is 25.9 Å². The molecule has 0 radical (unpaired) electrons. The van der Waals surface area contributed by atoms with Gasteiger partial charge in [-0.25, -0.2) is 4.98 Å². The van der Waals surface area contributed by atoms with Crippen LogP contribution in [-0.4, -0.2) is 83.8 Å². The molecule has 3 aromatic carbocycles. The number of likely N-dealkylation sites (N-methyl/N-ethyl adjacent to an activating group) is 1. The molecule has 2 aromatic heterocycles. The SMILES string of the molecule is CN1C(=O)[C@H](CCCCN)NC(=O)[C@H](CCN)NCc2cccnc2Sc2c(Cl)ccc(-c3ccc(S(=O)(=O)O)cc3)c2CNC(=O)[C@@H]1Cc1c[nH]c2ccccc12. The molecular formula is C41H47ClN8O6S2. The molecule has 14 nitrogen and oxygen atoms in total. The summed E-state index contributed by atoms with van der Waals surface area (Å²) in [4.78, 5) is 52.8. The van der Waals surface area contributed by atoms with E-state index in [-0.39, 0.29) is 37.4 Å². The minimum atomic E-state index is -4.45. The predicted molar refractivity (Wildman–Crippen MR) is 225 cm³/mol. The first-order chi connectivity index (χ1) is 27.9. The van der Waals surface area contributed by atoms with Gasteiger partial charge in [0, 0.05) is 54.8 Å². The summed E-state index contributed by atoms with van der Waals surface area (Å²) in [7, 11) is -2.88. The number of hydrogen-bond donors (Lipinski definition) is 7. The van der Waals surface area contributed by atoms with E-state index in [1.807, 2.05) is 36.5 Å². The molecule has 1 aliphatic rings. The van der Waals surface area contributed by atoms with Crippen molar-refractivity contribution in [2.45, 2.75) is 78.1 Å². The summed E-state index contributed by atoms with van der Waals surface area (Å²) in [6.45, 7) is 0.804. The van der Waals surface area contributed by atoms with Crippen molar-refractivity contribution < 1.29 is 27.4 Å². The number of nitrogens with two attached hydrogens (primary N) is 2. The van der Waals surface area contributed by atoms with E-state index in [1.165, 1.54) is 28.8 Å². The molecule has 3 heterocycles. The molecule has 9 N–H and O–H groups in total. The Balaban J connectivity index is 1.48. The minimum absolute atomic E-state index is 0.0425. The number of hydrogen-bond acceptors (Lipinski definition) is 10. The third-order valence-electron chi connectivity index (χ3n) is 10.2. The molecule has 0 bridgehead atoms. The van der Waals surface area contributed by atoms with Gasteiger partial charge in [0.15, 0.2) is 0 Å². The van der Waals surface area contributed by atoms with Crippen molar-refractivity contribution in [1.82, 2.24) is 30.8 Å². The number of benzene rings is 3. The van der Waals surface area contributed by atoms with Crippen LogP contribution in [0.4, 0.5) is 0 Å². The van der Waals surface area contributed by atoms with Gasteiger partial charge in [0.2, 0.25) is 17.7 Å². The molecule has 0 saturated heterocycles. The molecule has 6 rings (SSSR count). The lowest BCUT2D eigenvalue weighted by molar-refractivity contribution is -0.142. The Kier molecular flexibility index (Phi) is 14.2. The van der Waals surface area contributed by atoms with Crippen molar-refractivity contribution in [2.24, 2.45) is 11.5 Å². The van der Waals surface area contributed by atoms with Crippen molar-refractivity contribution in [3.63, 3.8) is 0 Å². The lowest BCUT2D eigenvalue weighted by Crippen LogP contribution is -2.57. The average Bonchev–Trinajstić information content (AvgIpc) is 3.63. The molecule has 3 atom stereocenters. The Morgan fingerprint density at radius 2 is 1.69 bits per heavy atom. The van der Waals surface area contributed by atoms with Crippen LogP contribution in [0.3, 0.4) is 0 Å². The van der Waals surface area contributed by atoms with Gasteiger partial charge in [0.1, 0.15) is 17.1 Å². The van der Waals surface area contributed by atoms with Crippen LogP contribution in [0.1, 0.15) is 42.4 Å². The molecule has 1 aliphatic heterocycles. The Hall–Kier alpha value is -4.81.